The number of carbonyl (C=O) groups excluding carboxylic acids is 1. The molecular formula is C17H20N4O3. The first-order valence-corrected chi connectivity index (χ1v) is 8.14. The van der Waals surface area contributed by atoms with Gasteiger partial charge in [0.25, 0.3) is 0 Å². The van der Waals surface area contributed by atoms with E-state index in [1.807, 2.05) is 36.1 Å². The van der Waals surface area contributed by atoms with Gasteiger partial charge in [-0.1, -0.05) is 6.07 Å². The number of rotatable bonds is 3. The van der Waals surface area contributed by atoms with Gasteiger partial charge in [-0.25, -0.2) is 4.79 Å². The lowest BCUT2D eigenvalue weighted by molar-refractivity contribution is 0.174. The largest absolute Gasteiger partial charge is 0.454 e. The Balaban J connectivity index is 1.36. The van der Waals surface area contributed by atoms with E-state index in [0.29, 0.717) is 6.54 Å². The van der Waals surface area contributed by atoms with Crippen LogP contribution in [0.5, 0.6) is 11.5 Å². The molecule has 2 heterocycles. The minimum atomic E-state index is -0.172. The summed E-state index contributed by atoms with van der Waals surface area (Å²) in [7, 11) is 1.95. The highest BCUT2D eigenvalue weighted by molar-refractivity contribution is 5.74. The van der Waals surface area contributed by atoms with Crippen LogP contribution in [0.2, 0.25) is 0 Å². The molecule has 0 saturated heterocycles. The van der Waals surface area contributed by atoms with E-state index < -0.39 is 0 Å². The van der Waals surface area contributed by atoms with E-state index in [-0.39, 0.29) is 18.9 Å². The monoisotopic (exact) mass is 328 g/mol. The molecule has 1 aliphatic carbocycles. The summed E-state index contributed by atoms with van der Waals surface area (Å²) >= 11 is 0. The summed E-state index contributed by atoms with van der Waals surface area (Å²) in [5.74, 6) is 1.47. The minimum absolute atomic E-state index is 0.0270. The third-order valence-electron chi connectivity index (χ3n) is 4.57. The summed E-state index contributed by atoms with van der Waals surface area (Å²) < 4.78 is 12.5. The first kappa shape index (κ1) is 14.9. The number of ether oxygens (including phenoxy) is 2. The van der Waals surface area contributed by atoms with Gasteiger partial charge < -0.3 is 20.1 Å². The van der Waals surface area contributed by atoms with Crippen molar-refractivity contribution in [2.75, 3.05) is 6.79 Å². The molecule has 0 fully saturated rings. The molecule has 1 aliphatic heterocycles. The van der Waals surface area contributed by atoms with Crippen LogP contribution in [0.4, 0.5) is 4.79 Å². The number of hydrogen-bond donors (Lipinski definition) is 2. The molecule has 126 valence electrons. The second-order valence-corrected chi connectivity index (χ2v) is 6.13. The number of nitrogens with zero attached hydrogens (tertiary/aromatic N) is 2. The van der Waals surface area contributed by atoms with Crippen LogP contribution in [0, 0.1) is 0 Å². The standard InChI is InChI=1S/C17H20N4O3/c1-21-14-4-2-3-13(12(14)9-19-21)20-17(22)18-8-11-5-6-15-16(7-11)24-10-23-15/h5-7,9,13H,2-4,8,10H2,1H3,(H2,18,20,22)/t13-/m0/s1. The first-order valence-electron chi connectivity index (χ1n) is 8.14. The second-order valence-electron chi connectivity index (χ2n) is 6.13. The highest BCUT2D eigenvalue weighted by atomic mass is 16.7. The van der Waals surface area contributed by atoms with Crippen molar-refractivity contribution in [1.82, 2.24) is 20.4 Å². The minimum Gasteiger partial charge on any atom is -0.454 e. The number of benzene rings is 1. The summed E-state index contributed by atoms with van der Waals surface area (Å²) in [4.78, 5) is 12.2. The van der Waals surface area contributed by atoms with Crippen LogP contribution < -0.4 is 20.1 Å². The molecule has 24 heavy (non-hydrogen) atoms. The van der Waals surface area contributed by atoms with Gasteiger partial charge >= 0.3 is 6.03 Å². The lowest BCUT2D eigenvalue weighted by Crippen LogP contribution is -2.38. The molecule has 0 bridgehead atoms. The molecule has 1 aromatic heterocycles. The van der Waals surface area contributed by atoms with Crippen LogP contribution in [0.15, 0.2) is 24.4 Å². The number of fused-ring (bicyclic) bond motifs is 2. The molecular weight excluding hydrogens is 308 g/mol. The molecule has 7 heteroatoms. The Morgan fingerprint density at radius 3 is 3.17 bits per heavy atom. The van der Waals surface area contributed by atoms with Crippen molar-refractivity contribution in [3.05, 3.63) is 41.2 Å². The van der Waals surface area contributed by atoms with Crippen LogP contribution in [0.1, 0.15) is 35.7 Å². The Labute approximate surface area is 139 Å². The van der Waals surface area contributed by atoms with Gasteiger partial charge in [0.1, 0.15) is 0 Å². The maximum Gasteiger partial charge on any atom is 0.315 e. The topological polar surface area (TPSA) is 77.4 Å². The van der Waals surface area contributed by atoms with E-state index in [9.17, 15) is 4.79 Å². The van der Waals surface area contributed by atoms with Gasteiger partial charge in [-0.3, -0.25) is 4.68 Å². The summed E-state index contributed by atoms with van der Waals surface area (Å²) in [6.07, 6.45) is 4.87. The molecule has 1 atom stereocenters. The van der Waals surface area contributed by atoms with Crippen LogP contribution >= 0.6 is 0 Å². The van der Waals surface area contributed by atoms with Crippen molar-refractivity contribution in [1.29, 1.82) is 0 Å². The molecule has 0 unspecified atom stereocenters. The van der Waals surface area contributed by atoms with Gasteiger partial charge in [0, 0.05) is 24.8 Å². The van der Waals surface area contributed by atoms with Crippen LogP contribution in [-0.2, 0) is 20.0 Å². The summed E-state index contributed by atoms with van der Waals surface area (Å²) in [5.41, 5.74) is 3.31. The fraction of sp³-hybridized carbons (Fsp3) is 0.412. The average molecular weight is 328 g/mol. The predicted molar refractivity (Wildman–Crippen MR) is 86.8 cm³/mol. The Morgan fingerprint density at radius 1 is 1.38 bits per heavy atom. The second kappa shape index (κ2) is 6.07. The molecule has 2 amide bonds. The molecule has 2 aromatic rings. The Kier molecular flexibility index (Phi) is 3.76. The number of hydrogen-bond acceptors (Lipinski definition) is 4. The van der Waals surface area contributed by atoms with E-state index in [2.05, 4.69) is 15.7 Å². The van der Waals surface area contributed by atoms with Gasteiger partial charge in [-0.2, -0.15) is 5.10 Å². The SMILES string of the molecule is Cn1ncc2c1CCC[C@@H]2NC(=O)NCc1ccc2c(c1)OCO2. The third-order valence-corrected chi connectivity index (χ3v) is 4.57. The van der Waals surface area contributed by atoms with Crippen LogP contribution in [-0.4, -0.2) is 22.6 Å². The summed E-state index contributed by atoms with van der Waals surface area (Å²) in [6, 6.07) is 5.53. The number of nitrogens with one attached hydrogen (secondary N) is 2. The van der Waals surface area contributed by atoms with Crippen molar-refractivity contribution < 1.29 is 14.3 Å². The molecule has 7 nitrogen and oxygen atoms in total. The maximum atomic E-state index is 12.2. The quantitative estimate of drug-likeness (QED) is 0.904. The molecule has 0 saturated carbocycles. The number of urea groups is 1. The highest BCUT2D eigenvalue weighted by Gasteiger charge is 2.24. The van der Waals surface area contributed by atoms with Crippen molar-refractivity contribution >= 4 is 6.03 Å². The Bertz CT molecular complexity index is 771. The average Bonchev–Trinajstić information content (AvgIpc) is 3.20. The molecule has 4 rings (SSSR count). The summed E-state index contributed by atoms with van der Waals surface area (Å²) in [5, 5.41) is 10.3. The van der Waals surface area contributed by atoms with E-state index in [0.717, 1.165) is 41.9 Å². The summed E-state index contributed by atoms with van der Waals surface area (Å²) in [6.45, 7) is 0.691. The molecule has 0 radical (unpaired) electrons. The normalized spacial score (nSPS) is 18.1. The molecule has 2 aliphatic rings. The van der Waals surface area contributed by atoms with Gasteiger partial charge in [0.05, 0.1) is 12.2 Å². The number of carbonyl (C=O) groups is 1. The Hall–Kier alpha value is -2.70. The predicted octanol–water partition coefficient (Wildman–Crippen LogP) is 2.03. The van der Waals surface area contributed by atoms with Crippen molar-refractivity contribution in [3.8, 4) is 11.5 Å². The Morgan fingerprint density at radius 2 is 2.25 bits per heavy atom. The van der Waals surface area contributed by atoms with E-state index in [1.54, 1.807) is 0 Å². The van der Waals surface area contributed by atoms with Gasteiger partial charge in [-0.15, -0.1) is 0 Å². The number of aryl methyl sites for hydroxylation is 1. The van der Waals surface area contributed by atoms with Gasteiger partial charge in [0.2, 0.25) is 6.79 Å². The smallest absolute Gasteiger partial charge is 0.315 e. The lowest BCUT2D eigenvalue weighted by atomic mass is 9.93. The van der Waals surface area contributed by atoms with E-state index >= 15 is 0 Å². The van der Waals surface area contributed by atoms with E-state index in [4.69, 9.17) is 9.47 Å². The van der Waals surface area contributed by atoms with Crippen molar-refractivity contribution in [2.24, 2.45) is 7.05 Å². The fourth-order valence-electron chi connectivity index (χ4n) is 3.30. The molecule has 2 N–H and O–H groups in total. The third kappa shape index (κ3) is 2.77. The van der Waals surface area contributed by atoms with Crippen LogP contribution in [0.3, 0.4) is 0 Å². The van der Waals surface area contributed by atoms with E-state index in [1.165, 1.54) is 5.69 Å². The first-order chi connectivity index (χ1) is 11.7. The molecule has 0 spiro atoms. The highest BCUT2D eigenvalue weighted by Crippen LogP contribution is 2.32. The van der Waals surface area contributed by atoms with Gasteiger partial charge in [0.15, 0.2) is 11.5 Å². The fourth-order valence-corrected chi connectivity index (χ4v) is 3.30. The zero-order valence-electron chi connectivity index (χ0n) is 13.5. The van der Waals surface area contributed by atoms with Crippen molar-refractivity contribution in [2.45, 2.75) is 31.8 Å². The lowest BCUT2D eigenvalue weighted by Gasteiger charge is -2.24. The zero-order valence-corrected chi connectivity index (χ0v) is 13.5. The van der Waals surface area contributed by atoms with Gasteiger partial charge in [-0.05, 0) is 37.0 Å². The maximum absolute atomic E-state index is 12.2. The zero-order chi connectivity index (χ0) is 16.5. The van der Waals surface area contributed by atoms with Crippen LogP contribution in [0.25, 0.3) is 0 Å². The molecule has 1 aromatic carbocycles. The van der Waals surface area contributed by atoms with Crippen molar-refractivity contribution in [3.63, 3.8) is 0 Å². The number of amides is 2. The number of aromatic nitrogens is 2.